The molecule has 3 heteroatoms. The normalized spacial score (nSPS) is 12.5. The minimum absolute atomic E-state index is 0.0768. The van der Waals surface area contributed by atoms with Crippen molar-refractivity contribution in [2.75, 3.05) is 0 Å². The lowest BCUT2D eigenvalue weighted by Crippen LogP contribution is -2.14. The van der Waals surface area contributed by atoms with Gasteiger partial charge in [0.15, 0.2) is 0 Å². The minimum Gasteiger partial charge on any atom is -0.324 e. The molecule has 0 saturated carbocycles. The number of hydrogen-bond acceptors (Lipinski definition) is 3. The van der Waals surface area contributed by atoms with Crippen LogP contribution in [0, 0.1) is 0 Å². The van der Waals surface area contributed by atoms with Crippen LogP contribution in [-0.4, -0.2) is 9.97 Å². The summed E-state index contributed by atoms with van der Waals surface area (Å²) in [5.41, 5.74) is 9.28. The summed E-state index contributed by atoms with van der Waals surface area (Å²) in [5, 5.41) is 1.12. The fourth-order valence-corrected chi connectivity index (χ4v) is 2.15. The second-order valence-corrected chi connectivity index (χ2v) is 4.59. The first kappa shape index (κ1) is 11.8. The van der Waals surface area contributed by atoms with Crippen LogP contribution in [0.15, 0.2) is 60.9 Å². The Kier molecular flexibility index (Phi) is 3.21. The van der Waals surface area contributed by atoms with Crippen LogP contribution in [0.5, 0.6) is 0 Å². The molecule has 1 aromatic carbocycles. The highest BCUT2D eigenvalue weighted by atomic mass is 14.7. The lowest BCUT2D eigenvalue weighted by molar-refractivity contribution is 0.705. The Bertz CT molecular complexity index is 680. The molecular formula is C16H15N3. The molecule has 2 N–H and O–H groups in total. The van der Waals surface area contributed by atoms with Gasteiger partial charge in [-0.1, -0.05) is 24.3 Å². The van der Waals surface area contributed by atoms with E-state index in [4.69, 9.17) is 5.73 Å². The Hall–Kier alpha value is -2.26. The van der Waals surface area contributed by atoms with E-state index in [2.05, 4.69) is 22.1 Å². The van der Waals surface area contributed by atoms with E-state index in [-0.39, 0.29) is 6.04 Å². The van der Waals surface area contributed by atoms with Crippen molar-refractivity contribution in [1.82, 2.24) is 9.97 Å². The van der Waals surface area contributed by atoms with Crippen LogP contribution in [0.1, 0.15) is 17.3 Å². The molecule has 2 heterocycles. The van der Waals surface area contributed by atoms with E-state index in [9.17, 15) is 0 Å². The fourth-order valence-electron chi connectivity index (χ4n) is 2.15. The molecule has 0 spiro atoms. The van der Waals surface area contributed by atoms with Gasteiger partial charge in [0, 0.05) is 35.9 Å². The summed E-state index contributed by atoms with van der Waals surface area (Å²) in [6.07, 6.45) is 4.37. The van der Waals surface area contributed by atoms with Crippen molar-refractivity contribution in [2.24, 2.45) is 5.73 Å². The van der Waals surface area contributed by atoms with Gasteiger partial charge >= 0.3 is 0 Å². The Labute approximate surface area is 112 Å². The van der Waals surface area contributed by atoms with Crippen LogP contribution in [0.25, 0.3) is 10.9 Å². The van der Waals surface area contributed by atoms with Crippen LogP contribution >= 0.6 is 0 Å². The summed E-state index contributed by atoms with van der Waals surface area (Å²) in [6.45, 7) is 0. The third-order valence-electron chi connectivity index (χ3n) is 3.19. The highest BCUT2D eigenvalue weighted by Gasteiger charge is 2.09. The molecule has 0 aliphatic heterocycles. The minimum atomic E-state index is -0.0768. The number of fused-ring (bicyclic) bond motifs is 1. The van der Waals surface area contributed by atoms with Crippen LogP contribution < -0.4 is 5.73 Å². The van der Waals surface area contributed by atoms with Gasteiger partial charge in [-0.05, 0) is 29.8 Å². The molecule has 94 valence electrons. The molecule has 3 rings (SSSR count). The molecule has 1 atom stereocenters. The molecule has 19 heavy (non-hydrogen) atoms. The zero-order valence-electron chi connectivity index (χ0n) is 10.5. The largest absolute Gasteiger partial charge is 0.324 e. The van der Waals surface area contributed by atoms with Crippen molar-refractivity contribution in [3.05, 3.63) is 72.2 Å². The third-order valence-corrected chi connectivity index (χ3v) is 3.19. The zero-order valence-corrected chi connectivity index (χ0v) is 10.5. The maximum absolute atomic E-state index is 6.24. The topological polar surface area (TPSA) is 51.8 Å². The van der Waals surface area contributed by atoms with Gasteiger partial charge in [-0.3, -0.25) is 9.97 Å². The van der Waals surface area contributed by atoms with Crippen LogP contribution in [0.4, 0.5) is 0 Å². The van der Waals surface area contributed by atoms with Crippen molar-refractivity contribution in [1.29, 1.82) is 0 Å². The number of aromatic nitrogens is 2. The summed E-state index contributed by atoms with van der Waals surface area (Å²) >= 11 is 0. The van der Waals surface area contributed by atoms with Gasteiger partial charge in [0.05, 0.1) is 5.52 Å². The Morgan fingerprint density at radius 1 is 1.00 bits per heavy atom. The number of nitrogens with two attached hydrogens (primary N) is 1. The number of hydrogen-bond donors (Lipinski definition) is 1. The van der Waals surface area contributed by atoms with Crippen LogP contribution in [-0.2, 0) is 6.42 Å². The molecule has 0 radical (unpaired) electrons. The summed E-state index contributed by atoms with van der Waals surface area (Å²) in [4.78, 5) is 8.75. The maximum Gasteiger partial charge on any atom is 0.0702 e. The van der Waals surface area contributed by atoms with Crippen LogP contribution in [0.2, 0.25) is 0 Å². The summed E-state index contributed by atoms with van der Waals surface area (Å²) in [7, 11) is 0. The van der Waals surface area contributed by atoms with Crippen molar-refractivity contribution < 1.29 is 0 Å². The lowest BCUT2D eigenvalue weighted by Gasteiger charge is -2.11. The molecule has 0 bridgehead atoms. The van der Waals surface area contributed by atoms with Gasteiger partial charge in [-0.15, -0.1) is 0 Å². The van der Waals surface area contributed by atoms with Gasteiger partial charge in [0.1, 0.15) is 0 Å². The lowest BCUT2D eigenvalue weighted by atomic mass is 10.0. The molecule has 0 saturated heterocycles. The van der Waals surface area contributed by atoms with E-state index >= 15 is 0 Å². The number of para-hydroxylation sites is 1. The van der Waals surface area contributed by atoms with E-state index in [0.29, 0.717) is 0 Å². The van der Waals surface area contributed by atoms with E-state index < -0.39 is 0 Å². The average molecular weight is 249 g/mol. The number of pyridine rings is 2. The molecule has 0 aliphatic rings. The predicted octanol–water partition coefficient (Wildman–Crippen LogP) is 2.87. The van der Waals surface area contributed by atoms with Crippen molar-refractivity contribution in [3.63, 3.8) is 0 Å². The molecule has 0 fully saturated rings. The average Bonchev–Trinajstić information content (AvgIpc) is 2.48. The van der Waals surface area contributed by atoms with Gasteiger partial charge in [-0.2, -0.15) is 0 Å². The van der Waals surface area contributed by atoms with Gasteiger partial charge in [0.2, 0.25) is 0 Å². The number of rotatable bonds is 3. The van der Waals surface area contributed by atoms with Gasteiger partial charge in [-0.25, -0.2) is 0 Å². The van der Waals surface area contributed by atoms with Crippen LogP contribution in [0.3, 0.4) is 0 Å². The molecule has 0 amide bonds. The third kappa shape index (κ3) is 2.61. The predicted molar refractivity (Wildman–Crippen MR) is 76.6 cm³/mol. The SMILES string of the molecule is NC(Cc1ccccn1)c1cnc2ccccc2c1. The fraction of sp³-hybridized carbons (Fsp3) is 0.125. The van der Waals surface area contributed by atoms with E-state index in [1.54, 1.807) is 6.20 Å². The quantitative estimate of drug-likeness (QED) is 0.776. The summed E-state index contributed by atoms with van der Waals surface area (Å²) < 4.78 is 0. The molecule has 1 unspecified atom stereocenters. The van der Waals surface area contributed by atoms with Crippen molar-refractivity contribution in [3.8, 4) is 0 Å². The summed E-state index contributed by atoms with van der Waals surface area (Å²) in [5.74, 6) is 0. The molecule has 2 aromatic heterocycles. The first-order chi connectivity index (χ1) is 9.33. The maximum atomic E-state index is 6.24. The Morgan fingerprint density at radius 2 is 1.84 bits per heavy atom. The first-order valence-corrected chi connectivity index (χ1v) is 6.33. The molecule has 3 aromatic rings. The smallest absolute Gasteiger partial charge is 0.0702 e. The zero-order chi connectivity index (χ0) is 13.1. The Morgan fingerprint density at radius 3 is 2.68 bits per heavy atom. The molecule has 3 nitrogen and oxygen atoms in total. The highest BCUT2D eigenvalue weighted by molar-refractivity contribution is 5.78. The summed E-state index contributed by atoms with van der Waals surface area (Å²) in [6, 6.07) is 16.0. The Balaban J connectivity index is 1.87. The molecular weight excluding hydrogens is 234 g/mol. The molecule has 0 aliphatic carbocycles. The first-order valence-electron chi connectivity index (χ1n) is 6.33. The van der Waals surface area contributed by atoms with Crippen molar-refractivity contribution in [2.45, 2.75) is 12.5 Å². The van der Waals surface area contributed by atoms with E-state index in [0.717, 1.165) is 28.6 Å². The van der Waals surface area contributed by atoms with Gasteiger partial charge in [0.25, 0.3) is 0 Å². The number of nitrogens with zero attached hydrogens (tertiary/aromatic N) is 2. The van der Waals surface area contributed by atoms with E-state index in [1.165, 1.54) is 0 Å². The standard InChI is InChI=1S/C16H15N3/c17-15(10-14-6-3-4-8-18-14)13-9-12-5-1-2-7-16(12)19-11-13/h1-9,11,15H,10,17H2. The second kappa shape index (κ2) is 5.16. The number of benzene rings is 1. The van der Waals surface area contributed by atoms with E-state index in [1.807, 2.05) is 42.6 Å². The monoisotopic (exact) mass is 249 g/mol. The highest BCUT2D eigenvalue weighted by Crippen LogP contribution is 2.19. The van der Waals surface area contributed by atoms with Gasteiger partial charge < -0.3 is 5.73 Å². The van der Waals surface area contributed by atoms with Crippen molar-refractivity contribution >= 4 is 10.9 Å². The second-order valence-electron chi connectivity index (χ2n) is 4.59.